The highest BCUT2D eigenvalue weighted by Gasteiger charge is 2.09. The van der Waals surface area contributed by atoms with Crippen molar-refractivity contribution in [2.75, 3.05) is 17.7 Å². The van der Waals surface area contributed by atoms with Crippen LogP contribution in [0.15, 0.2) is 41.3 Å². The van der Waals surface area contributed by atoms with E-state index in [9.17, 15) is 4.79 Å². The van der Waals surface area contributed by atoms with Gasteiger partial charge < -0.3 is 20.4 Å². The molecule has 0 aliphatic rings. The molecule has 0 amide bonds. The van der Waals surface area contributed by atoms with E-state index >= 15 is 0 Å². The summed E-state index contributed by atoms with van der Waals surface area (Å²) in [7, 11) is 0. The Morgan fingerprint density at radius 1 is 1.24 bits per heavy atom. The zero-order valence-electron chi connectivity index (χ0n) is 14.3. The van der Waals surface area contributed by atoms with Crippen LogP contribution in [0.25, 0.3) is 11.0 Å². The molecule has 130 valence electrons. The molecule has 0 aliphatic carbocycles. The number of aromatic nitrogens is 3. The average molecular weight is 339 g/mol. The van der Waals surface area contributed by atoms with Crippen LogP contribution >= 0.6 is 0 Å². The third-order valence-electron chi connectivity index (χ3n) is 3.78. The minimum atomic E-state index is -0.179. The highest BCUT2D eigenvalue weighted by atomic mass is 16.5. The predicted octanol–water partition coefficient (Wildman–Crippen LogP) is 2.93. The molecule has 0 unspecified atom stereocenters. The van der Waals surface area contributed by atoms with Gasteiger partial charge in [0, 0.05) is 24.5 Å². The van der Waals surface area contributed by atoms with Crippen LogP contribution in [-0.4, -0.2) is 21.1 Å². The van der Waals surface area contributed by atoms with Gasteiger partial charge in [-0.1, -0.05) is 6.92 Å². The Bertz CT molecular complexity index is 935. The smallest absolute Gasteiger partial charge is 0.229 e. The molecule has 0 radical (unpaired) electrons. The minimum Gasteiger partial charge on any atom is -0.494 e. The monoisotopic (exact) mass is 339 g/mol. The van der Waals surface area contributed by atoms with Crippen LogP contribution in [0.1, 0.15) is 20.3 Å². The number of nitrogens with zero attached hydrogens (tertiary/aromatic N) is 3. The second kappa shape index (κ2) is 7.21. The first-order valence-corrected chi connectivity index (χ1v) is 8.28. The Morgan fingerprint density at radius 3 is 2.68 bits per heavy atom. The Balaban J connectivity index is 1.90. The molecule has 0 bridgehead atoms. The number of nitrogens with two attached hydrogens (primary N) is 1. The molecular weight excluding hydrogens is 318 g/mol. The van der Waals surface area contributed by atoms with Crippen molar-refractivity contribution in [1.82, 2.24) is 14.5 Å². The lowest BCUT2D eigenvalue weighted by molar-refractivity contribution is 0.317. The summed E-state index contributed by atoms with van der Waals surface area (Å²) in [6.07, 6.45) is 2.49. The lowest BCUT2D eigenvalue weighted by Gasteiger charge is -2.12. The number of nitrogens with one attached hydrogen (secondary N) is 1. The molecule has 3 N–H and O–H groups in total. The normalized spacial score (nSPS) is 10.8. The number of pyridine rings is 1. The van der Waals surface area contributed by atoms with Gasteiger partial charge in [0.15, 0.2) is 11.1 Å². The number of hydrogen-bond donors (Lipinski definition) is 2. The van der Waals surface area contributed by atoms with E-state index in [0.717, 1.165) is 17.9 Å². The van der Waals surface area contributed by atoms with E-state index in [1.165, 1.54) is 12.3 Å². The summed E-state index contributed by atoms with van der Waals surface area (Å²) < 4.78 is 7.35. The lowest BCUT2D eigenvalue weighted by Crippen LogP contribution is -2.15. The first kappa shape index (κ1) is 16.8. The number of rotatable bonds is 6. The molecule has 0 atom stereocenters. The van der Waals surface area contributed by atoms with Crippen molar-refractivity contribution in [3.8, 4) is 5.75 Å². The van der Waals surface area contributed by atoms with Crippen molar-refractivity contribution >= 4 is 28.5 Å². The summed E-state index contributed by atoms with van der Waals surface area (Å²) in [6.45, 7) is 5.32. The number of aryl methyl sites for hydroxylation is 1. The van der Waals surface area contributed by atoms with Crippen LogP contribution in [0.3, 0.4) is 0 Å². The summed E-state index contributed by atoms with van der Waals surface area (Å²) >= 11 is 0. The zero-order chi connectivity index (χ0) is 17.8. The third kappa shape index (κ3) is 3.55. The molecule has 0 saturated carbocycles. The molecule has 3 aromatic rings. The summed E-state index contributed by atoms with van der Waals surface area (Å²) in [5.74, 6) is 1.61. The number of benzene rings is 1. The van der Waals surface area contributed by atoms with Crippen LogP contribution in [0.5, 0.6) is 5.75 Å². The maximum absolute atomic E-state index is 12.1. The van der Waals surface area contributed by atoms with Crippen LogP contribution in [0.4, 0.5) is 17.5 Å². The van der Waals surface area contributed by atoms with Gasteiger partial charge in [-0.05, 0) is 37.6 Å². The molecule has 0 spiro atoms. The van der Waals surface area contributed by atoms with E-state index in [4.69, 9.17) is 10.5 Å². The average Bonchev–Trinajstić information content (AvgIpc) is 2.61. The van der Waals surface area contributed by atoms with Crippen molar-refractivity contribution in [3.05, 3.63) is 46.8 Å². The second-order valence-corrected chi connectivity index (χ2v) is 5.61. The van der Waals surface area contributed by atoms with E-state index in [1.54, 1.807) is 4.57 Å². The molecule has 0 fully saturated rings. The summed E-state index contributed by atoms with van der Waals surface area (Å²) in [5.41, 5.74) is 7.10. The van der Waals surface area contributed by atoms with Gasteiger partial charge in [0.2, 0.25) is 5.95 Å². The number of ether oxygens (including phenoxy) is 1. The zero-order valence-corrected chi connectivity index (χ0v) is 14.3. The van der Waals surface area contributed by atoms with E-state index in [0.29, 0.717) is 36.0 Å². The van der Waals surface area contributed by atoms with Crippen LogP contribution < -0.4 is 21.2 Å². The molecule has 25 heavy (non-hydrogen) atoms. The first-order valence-electron chi connectivity index (χ1n) is 8.28. The summed E-state index contributed by atoms with van der Waals surface area (Å²) in [6, 6.07) is 8.96. The maximum Gasteiger partial charge on any atom is 0.229 e. The minimum absolute atomic E-state index is 0.179. The predicted molar refractivity (Wildman–Crippen MR) is 99.4 cm³/mol. The molecule has 1 aromatic carbocycles. The fourth-order valence-corrected chi connectivity index (χ4v) is 2.54. The number of anilines is 3. The first-order chi connectivity index (χ1) is 12.1. The molecular formula is C18H21N5O2. The highest BCUT2D eigenvalue weighted by molar-refractivity contribution is 5.77. The van der Waals surface area contributed by atoms with Gasteiger partial charge in [-0.25, -0.2) is 4.98 Å². The number of nitrogen functional groups attached to an aromatic ring is 1. The van der Waals surface area contributed by atoms with Gasteiger partial charge in [0.25, 0.3) is 0 Å². The van der Waals surface area contributed by atoms with E-state index in [2.05, 4.69) is 22.2 Å². The van der Waals surface area contributed by atoms with Gasteiger partial charge in [0.05, 0.1) is 12.0 Å². The molecule has 7 nitrogen and oxygen atoms in total. The fraction of sp³-hybridized carbons (Fsp3) is 0.278. The Kier molecular flexibility index (Phi) is 4.83. The molecule has 3 rings (SSSR count). The fourth-order valence-electron chi connectivity index (χ4n) is 2.54. The summed E-state index contributed by atoms with van der Waals surface area (Å²) in [5, 5.41) is 3.58. The highest BCUT2D eigenvalue weighted by Crippen LogP contribution is 2.20. The molecule has 2 aromatic heterocycles. The van der Waals surface area contributed by atoms with Crippen molar-refractivity contribution in [1.29, 1.82) is 0 Å². The van der Waals surface area contributed by atoms with Crippen LogP contribution in [-0.2, 0) is 6.54 Å². The molecule has 7 heteroatoms. The number of hydrogen-bond acceptors (Lipinski definition) is 6. The second-order valence-electron chi connectivity index (χ2n) is 5.61. The lowest BCUT2D eigenvalue weighted by atomic mass is 10.3. The molecule has 0 aliphatic heterocycles. The summed E-state index contributed by atoms with van der Waals surface area (Å²) in [4.78, 5) is 20.8. The van der Waals surface area contributed by atoms with Crippen molar-refractivity contribution < 1.29 is 4.74 Å². The van der Waals surface area contributed by atoms with Crippen LogP contribution in [0.2, 0.25) is 0 Å². The Hall–Kier alpha value is -3.09. The third-order valence-corrected chi connectivity index (χ3v) is 3.78. The topological polar surface area (TPSA) is 95.1 Å². The Morgan fingerprint density at radius 2 is 2.00 bits per heavy atom. The van der Waals surface area contributed by atoms with Gasteiger partial charge >= 0.3 is 0 Å². The van der Waals surface area contributed by atoms with Gasteiger partial charge in [-0.3, -0.25) is 4.79 Å². The van der Waals surface area contributed by atoms with E-state index in [-0.39, 0.29) is 5.43 Å². The van der Waals surface area contributed by atoms with Crippen molar-refractivity contribution in [2.24, 2.45) is 0 Å². The quantitative estimate of drug-likeness (QED) is 0.717. The van der Waals surface area contributed by atoms with Crippen molar-refractivity contribution in [2.45, 2.75) is 26.8 Å². The largest absolute Gasteiger partial charge is 0.494 e. The number of fused-ring (bicyclic) bond motifs is 1. The van der Waals surface area contributed by atoms with Gasteiger partial charge in [-0.15, -0.1) is 0 Å². The standard InChI is InChI=1S/C18H21N5O2/c1-3-9-25-13-7-5-12(6-8-13)21-18-20-11-14-15(24)10-16(19)23(4-2)17(14)22-18/h5-8,10-11H,3-4,9,19H2,1-2H3,(H,20,21,22). The van der Waals surface area contributed by atoms with E-state index in [1.807, 2.05) is 31.2 Å². The van der Waals surface area contributed by atoms with Crippen LogP contribution in [0, 0.1) is 0 Å². The van der Waals surface area contributed by atoms with E-state index < -0.39 is 0 Å². The van der Waals surface area contributed by atoms with Crippen molar-refractivity contribution in [3.63, 3.8) is 0 Å². The van der Waals surface area contributed by atoms with Gasteiger partial charge in [0.1, 0.15) is 11.6 Å². The Labute approximate surface area is 145 Å². The molecule has 2 heterocycles. The SMILES string of the molecule is CCCOc1ccc(Nc2ncc3c(=O)cc(N)n(CC)c3n2)cc1. The molecule has 0 saturated heterocycles. The van der Waals surface area contributed by atoms with Gasteiger partial charge in [-0.2, -0.15) is 4.98 Å². The maximum atomic E-state index is 12.1.